The van der Waals surface area contributed by atoms with E-state index < -0.39 is 12.6 Å². The number of carbonyl (C=O) groups excluding carboxylic acids is 1. The van der Waals surface area contributed by atoms with Gasteiger partial charge in [-0.2, -0.15) is 0 Å². The number of para-hydroxylation sites is 1. The van der Waals surface area contributed by atoms with Crippen LogP contribution in [-0.2, 0) is 4.79 Å². The summed E-state index contributed by atoms with van der Waals surface area (Å²) in [4.78, 5) is 10.3. The van der Waals surface area contributed by atoms with Crippen LogP contribution in [-0.4, -0.2) is 42.1 Å². The number of rotatable bonds is 3. The van der Waals surface area contributed by atoms with Gasteiger partial charge in [0.2, 0.25) is 0 Å². The first kappa shape index (κ1) is 13.9. The Morgan fingerprint density at radius 2 is 1.84 bits per heavy atom. The molecule has 5 heteroatoms. The first-order chi connectivity index (χ1) is 8.74. The van der Waals surface area contributed by atoms with Gasteiger partial charge in [0.05, 0.1) is 5.97 Å². The van der Waals surface area contributed by atoms with Gasteiger partial charge < -0.3 is 19.1 Å². The maximum absolute atomic E-state index is 10.3. The third kappa shape index (κ3) is 2.76. The molecule has 2 aromatic carbocycles. The minimum Gasteiger partial charge on any atom is -0.546 e. The minimum atomic E-state index is -1.24. The van der Waals surface area contributed by atoms with Gasteiger partial charge in [0.25, 0.3) is 0 Å². The molecule has 0 amide bonds. The van der Waals surface area contributed by atoms with Crippen molar-refractivity contribution >= 4 is 57.5 Å². The van der Waals surface area contributed by atoms with E-state index in [4.69, 9.17) is 9.15 Å². The molecule has 0 atom stereocenters. The normalized spacial score (nSPS) is 10.3. The van der Waals surface area contributed by atoms with Crippen LogP contribution in [0.3, 0.4) is 0 Å². The molecule has 0 fully saturated rings. The van der Waals surface area contributed by atoms with Crippen molar-refractivity contribution in [2.45, 2.75) is 0 Å². The average molecular weight is 264 g/mol. The number of benzene rings is 2. The standard InChI is InChI=1S/C14H10O4.Na/c15-14(16)8-17-9-5-6-13-11(7-9)10-3-1-2-4-12(10)18-13;/h1-7H,8H2,(H,15,16);/p-1. The quantitative estimate of drug-likeness (QED) is 0.669. The second-order valence-corrected chi connectivity index (χ2v) is 3.92. The fourth-order valence-corrected chi connectivity index (χ4v) is 1.94. The summed E-state index contributed by atoms with van der Waals surface area (Å²) < 4.78 is 10.7. The summed E-state index contributed by atoms with van der Waals surface area (Å²) in [6.07, 6.45) is 0. The molecule has 0 spiro atoms. The SMILES string of the molecule is O=C([O-])COc1ccc2oc3ccccc3c2c1.[Na]. The van der Waals surface area contributed by atoms with Gasteiger partial charge in [-0.05, 0) is 24.3 Å². The largest absolute Gasteiger partial charge is 0.546 e. The molecular formula is C14H9NaO4-. The smallest absolute Gasteiger partial charge is 0.135 e. The molecule has 0 aliphatic heterocycles. The summed E-state index contributed by atoms with van der Waals surface area (Å²) in [5, 5.41) is 12.2. The molecule has 0 aliphatic carbocycles. The Morgan fingerprint density at radius 3 is 2.63 bits per heavy atom. The van der Waals surface area contributed by atoms with Gasteiger partial charge in [-0.25, -0.2) is 0 Å². The number of hydrogen-bond acceptors (Lipinski definition) is 4. The van der Waals surface area contributed by atoms with E-state index in [9.17, 15) is 9.90 Å². The summed E-state index contributed by atoms with van der Waals surface area (Å²) in [7, 11) is 0. The van der Waals surface area contributed by atoms with E-state index in [0.29, 0.717) is 5.75 Å². The van der Waals surface area contributed by atoms with Crippen LogP contribution in [0.4, 0.5) is 0 Å². The van der Waals surface area contributed by atoms with Crippen molar-refractivity contribution < 1.29 is 19.1 Å². The second kappa shape index (κ2) is 5.65. The van der Waals surface area contributed by atoms with Crippen LogP contribution < -0.4 is 9.84 Å². The topological polar surface area (TPSA) is 62.5 Å². The van der Waals surface area contributed by atoms with E-state index >= 15 is 0 Å². The summed E-state index contributed by atoms with van der Waals surface area (Å²) in [5.74, 6) is -0.759. The van der Waals surface area contributed by atoms with Crippen LogP contribution >= 0.6 is 0 Å². The Kier molecular flexibility index (Phi) is 4.14. The van der Waals surface area contributed by atoms with Crippen molar-refractivity contribution in [3.8, 4) is 5.75 Å². The van der Waals surface area contributed by atoms with E-state index in [-0.39, 0.29) is 29.6 Å². The molecule has 4 nitrogen and oxygen atoms in total. The van der Waals surface area contributed by atoms with Crippen LogP contribution in [0.25, 0.3) is 21.9 Å². The van der Waals surface area contributed by atoms with Gasteiger partial charge in [0.15, 0.2) is 0 Å². The number of fused-ring (bicyclic) bond motifs is 3. The summed E-state index contributed by atoms with van der Waals surface area (Å²) in [6, 6.07) is 12.9. The van der Waals surface area contributed by atoms with E-state index in [1.165, 1.54) is 0 Å². The third-order valence-corrected chi connectivity index (χ3v) is 2.70. The van der Waals surface area contributed by atoms with Crippen LogP contribution in [0.15, 0.2) is 46.9 Å². The molecule has 3 aromatic rings. The number of carbonyl (C=O) groups is 1. The minimum absolute atomic E-state index is 0. The van der Waals surface area contributed by atoms with Gasteiger partial charge in [0, 0.05) is 40.3 Å². The number of carboxylic acid groups (broad SMARTS) is 1. The van der Waals surface area contributed by atoms with Crippen molar-refractivity contribution in [1.82, 2.24) is 0 Å². The van der Waals surface area contributed by atoms with Gasteiger partial charge in [-0.15, -0.1) is 0 Å². The molecule has 1 radical (unpaired) electrons. The van der Waals surface area contributed by atoms with E-state index in [2.05, 4.69) is 0 Å². The third-order valence-electron chi connectivity index (χ3n) is 2.70. The monoisotopic (exact) mass is 264 g/mol. The van der Waals surface area contributed by atoms with E-state index in [1.807, 2.05) is 24.3 Å². The molecule has 0 N–H and O–H groups in total. The average Bonchev–Trinajstić information content (AvgIpc) is 2.74. The number of furan rings is 1. The Labute approximate surface area is 131 Å². The van der Waals surface area contributed by atoms with Crippen LogP contribution in [0.5, 0.6) is 5.75 Å². The first-order valence-electron chi connectivity index (χ1n) is 5.48. The van der Waals surface area contributed by atoms with Gasteiger partial charge in [-0.1, -0.05) is 18.2 Å². The zero-order valence-electron chi connectivity index (χ0n) is 10.4. The number of hydrogen-bond donors (Lipinski definition) is 0. The molecule has 19 heavy (non-hydrogen) atoms. The molecule has 91 valence electrons. The summed E-state index contributed by atoms with van der Waals surface area (Å²) >= 11 is 0. The number of ether oxygens (including phenoxy) is 1. The van der Waals surface area contributed by atoms with E-state index in [0.717, 1.165) is 21.9 Å². The predicted octanol–water partition coefficient (Wildman–Crippen LogP) is 1.33. The maximum Gasteiger partial charge on any atom is 0.135 e. The number of carboxylic acids is 1. The zero-order valence-corrected chi connectivity index (χ0v) is 12.4. The molecule has 0 saturated carbocycles. The van der Waals surface area contributed by atoms with Crippen LogP contribution in [0.2, 0.25) is 0 Å². The van der Waals surface area contributed by atoms with Crippen molar-refractivity contribution in [3.63, 3.8) is 0 Å². The molecule has 1 heterocycles. The van der Waals surface area contributed by atoms with Crippen molar-refractivity contribution in [2.75, 3.05) is 6.61 Å². The predicted molar refractivity (Wildman–Crippen MR) is 70.0 cm³/mol. The first-order valence-corrected chi connectivity index (χ1v) is 5.48. The fourth-order valence-electron chi connectivity index (χ4n) is 1.94. The van der Waals surface area contributed by atoms with Gasteiger partial charge >= 0.3 is 0 Å². The Hall–Kier alpha value is -1.49. The fraction of sp³-hybridized carbons (Fsp3) is 0.0714. The maximum atomic E-state index is 10.3. The molecule has 0 saturated heterocycles. The van der Waals surface area contributed by atoms with Gasteiger partial charge in [-0.3, -0.25) is 0 Å². The molecule has 0 bridgehead atoms. The summed E-state index contributed by atoms with van der Waals surface area (Å²) in [6.45, 7) is -0.457. The molecule has 0 aliphatic rings. The molecule has 1 aromatic heterocycles. The molecular weight excluding hydrogens is 255 g/mol. The molecule has 3 rings (SSSR count). The van der Waals surface area contributed by atoms with Gasteiger partial charge in [0.1, 0.15) is 23.5 Å². The molecule has 0 unspecified atom stereocenters. The van der Waals surface area contributed by atoms with Crippen LogP contribution in [0, 0.1) is 0 Å². The van der Waals surface area contributed by atoms with Crippen molar-refractivity contribution in [2.24, 2.45) is 0 Å². The zero-order chi connectivity index (χ0) is 12.5. The van der Waals surface area contributed by atoms with Crippen molar-refractivity contribution in [1.29, 1.82) is 0 Å². The van der Waals surface area contributed by atoms with Crippen LogP contribution in [0.1, 0.15) is 0 Å². The Bertz CT molecular complexity index is 732. The Morgan fingerprint density at radius 1 is 1.11 bits per heavy atom. The van der Waals surface area contributed by atoms with E-state index in [1.54, 1.807) is 18.2 Å². The summed E-state index contributed by atoms with van der Waals surface area (Å²) in [5.41, 5.74) is 1.54. The second-order valence-electron chi connectivity index (χ2n) is 3.92. The number of aliphatic carboxylic acids is 1. The Balaban J connectivity index is 0.00000133. The van der Waals surface area contributed by atoms with Crippen molar-refractivity contribution in [3.05, 3.63) is 42.5 Å².